The number of hydrogen-bond acceptors (Lipinski definition) is 5. The molecule has 7 nitrogen and oxygen atoms in total. The Morgan fingerprint density at radius 2 is 1.81 bits per heavy atom. The summed E-state index contributed by atoms with van der Waals surface area (Å²) in [6.07, 6.45) is 0.413. The molecule has 26 heavy (non-hydrogen) atoms. The number of rotatable bonds is 3. The third-order valence-corrected chi connectivity index (χ3v) is 4.38. The lowest BCUT2D eigenvalue weighted by atomic mass is 10.1. The molecule has 0 spiro atoms. The van der Waals surface area contributed by atoms with E-state index in [4.69, 9.17) is 14.2 Å². The average Bonchev–Trinajstić information content (AvgIpc) is 2.91. The van der Waals surface area contributed by atoms with Gasteiger partial charge in [-0.1, -0.05) is 19.9 Å². The van der Waals surface area contributed by atoms with Crippen molar-refractivity contribution >= 4 is 12.0 Å². The monoisotopic (exact) mass is 362 g/mol. The fourth-order valence-electron chi connectivity index (χ4n) is 3.04. The van der Waals surface area contributed by atoms with Crippen LogP contribution in [0.15, 0.2) is 18.2 Å². The van der Waals surface area contributed by atoms with E-state index in [2.05, 4.69) is 0 Å². The molecule has 142 valence electrons. The summed E-state index contributed by atoms with van der Waals surface area (Å²) < 4.78 is 16.5. The molecule has 0 atom stereocenters. The molecule has 0 aliphatic carbocycles. The van der Waals surface area contributed by atoms with E-state index in [0.29, 0.717) is 69.0 Å². The van der Waals surface area contributed by atoms with Crippen molar-refractivity contribution < 1.29 is 23.8 Å². The van der Waals surface area contributed by atoms with E-state index < -0.39 is 0 Å². The zero-order valence-electron chi connectivity index (χ0n) is 15.4. The van der Waals surface area contributed by atoms with Crippen molar-refractivity contribution in [2.75, 3.05) is 46.0 Å². The Morgan fingerprint density at radius 1 is 1.08 bits per heavy atom. The minimum Gasteiger partial charge on any atom is -0.486 e. The van der Waals surface area contributed by atoms with E-state index in [1.165, 1.54) is 0 Å². The smallest absolute Gasteiger partial charge is 0.409 e. The third kappa shape index (κ3) is 4.20. The Morgan fingerprint density at radius 3 is 2.62 bits per heavy atom. The molecular weight excluding hydrogens is 336 g/mol. The molecule has 0 unspecified atom stereocenters. The van der Waals surface area contributed by atoms with Crippen molar-refractivity contribution in [1.29, 1.82) is 0 Å². The largest absolute Gasteiger partial charge is 0.486 e. The maximum Gasteiger partial charge on any atom is 0.409 e. The predicted octanol–water partition coefficient (Wildman–Crippen LogP) is 2.40. The second-order valence-corrected chi connectivity index (χ2v) is 6.93. The first kappa shape index (κ1) is 18.4. The lowest BCUT2D eigenvalue weighted by Crippen LogP contribution is -2.38. The number of para-hydroxylation sites is 1. The molecule has 0 bridgehead atoms. The van der Waals surface area contributed by atoms with Gasteiger partial charge >= 0.3 is 6.09 Å². The van der Waals surface area contributed by atoms with Crippen molar-refractivity contribution in [3.05, 3.63) is 23.8 Å². The molecule has 3 rings (SSSR count). The van der Waals surface area contributed by atoms with Gasteiger partial charge in [-0.2, -0.15) is 0 Å². The topological polar surface area (TPSA) is 68.3 Å². The maximum absolute atomic E-state index is 13.0. The minimum absolute atomic E-state index is 0.0928. The summed E-state index contributed by atoms with van der Waals surface area (Å²) in [5, 5.41) is 0. The van der Waals surface area contributed by atoms with Gasteiger partial charge in [0.05, 0.1) is 12.2 Å². The normalized spacial score (nSPS) is 17.0. The standard InChI is InChI=1S/C19H26N2O5/c1-14(2)13-26-19(23)21-8-4-7-20(9-10-21)18(22)15-5-3-6-16-17(15)25-12-11-24-16/h3,5-6,14H,4,7-13H2,1-2H3. The van der Waals surface area contributed by atoms with Gasteiger partial charge in [0.15, 0.2) is 11.5 Å². The van der Waals surface area contributed by atoms with Gasteiger partial charge in [-0.3, -0.25) is 4.79 Å². The molecule has 2 aliphatic heterocycles. The second kappa shape index (κ2) is 8.29. The van der Waals surface area contributed by atoms with Crippen LogP contribution >= 0.6 is 0 Å². The van der Waals surface area contributed by atoms with Gasteiger partial charge < -0.3 is 24.0 Å². The predicted molar refractivity (Wildman–Crippen MR) is 95.7 cm³/mol. The minimum atomic E-state index is -0.304. The number of ether oxygens (including phenoxy) is 3. The van der Waals surface area contributed by atoms with Crippen molar-refractivity contribution in [3.63, 3.8) is 0 Å². The van der Waals surface area contributed by atoms with E-state index in [9.17, 15) is 9.59 Å². The van der Waals surface area contributed by atoms with Crippen LogP contribution in [0.5, 0.6) is 11.5 Å². The molecule has 0 radical (unpaired) electrons. The van der Waals surface area contributed by atoms with Gasteiger partial charge in [0, 0.05) is 26.2 Å². The first-order valence-corrected chi connectivity index (χ1v) is 9.16. The van der Waals surface area contributed by atoms with Crippen LogP contribution in [0.1, 0.15) is 30.6 Å². The molecule has 2 aliphatic rings. The van der Waals surface area contributed by atoms with E-state index in [0.717, 1.165) is 6.42 Å². The molecule has 2 amide bonds. The number of benzene rings is 1. The van der Waals surface area contributed by atoms with Gasteiger partial charge in [-0.25, -0.2) is 4.79 Å². The highest BCUT2D eigenvalue weighted by atomic mass is 16.6. The number of fused-ring (bicyclic) bond motifs is 1. The zero-order valence-corrected chi connectivity index (χ0v) is 15.4. The van der Waals surface area contributed by atoms with Gasteiger partial charge in [-0.05, 0) is 24.5 Å². The summed E-state index contributed by atoms with van der Waals surface area (Å²) in [5.74, 6) is 1.33. The van der Waals surface area contributed by atoms with Crippen LogP contribution in [0.25, 0.3) is 0 Å². The molecule has 7 heteroatoms. The molecule has 2 heterocycles. The second-order valence-electron chi connectivity index (χ2n) is 6.93. The van der Waals surface area contributed by atoms with Crippen molar-refractivity contribution in [1.82, 2.24) is 9.80 Å². The summed E-state index contributed by atoms with van der Waals surface area (Å²) in [6, 6.07) is 5.36. The highest BCUT2D eigenvalue weighted by Gasteiger charge is 2.27. The molecule has 1 fully saturated rings. The molecule has 0 N–H and O–H groups in total. The summed E-state index contributed by atoms with van der Waals surface area (Å²) in [6.45, 7) is 7.46. The Kier molecular flexibility index (Phi) is 5.85. The van der Waals surface area contributed by atoms with Gasteiger partial charge in [-0.15, -0.1) is 0 Å². The first-order valence-electron chi connectivity index (χ1n) is 9.16. The number of hydrogen-bond donors (Lipinski definition) is 0. The highest BCUT2D eigenvalue weighted by molar-refractivity contribution is 5.98. The van der Waals surface area contributed by atoms with Crippen LogP contribution in [0.3, 0.4) is 0 Å². The average molecular weight is 362 g/mol. The van der Waals surface area contributed by atoms with E-state index in [-0.39, 0.29) is 12.0 Å². The molecule has 1 aromatic rings. The zero-order chi connectivity index (χ0) is 18.5. The molecule has 0 aromatic heterocycles. The van der Waals surface area contributed by atoms with Crippen LogP contribution in [0, 0.1) is 5.92 Å². The maximum atomic E-state index is 13.0. The summed E-state index contributed by atoms with van der Waals surface area (Å²) in [7, 11) is 0. The van der Waals surface area contributed by atoms with Gasteiger partial charge in [0.25, 0.3) is 5.91 Å². The fourth-order valence-corrected chi connectivity index (χ4v) is 3.04. The van der Waals surface area contributed by atoms with E-state index in [1.54, 1.807) is 28.0 Å². The van der Waals surface area contributed by atoms with Crippen LogP contribution in [0.2, 0.25) is 0 Å². The van der Waals surface area contributed by atoms with Crippen LogP contribution in [-0.4, -0.2) is 67.8 Å². The summed E-state index contributed by atoms with van der Waals surface area (Å²) >= 11 is 0. The molecule has 1 aromatic carbocycles. The first-order chi connectivity index (χ1) is 12.6. The Labute approximate surface area is 153 Å². The molecule has 0 saturated carbocycles. The quantitative estimate of drug-likeness (QED) is 0.826. The summed E-state index contributed by atoms with van der Waals surface area (Å²) in [5.41, 5.74) is 0.512. The highest BCUT2D eigenvalue weighted by Crippen LogP contribution is 2.34. The Bertz CT molecular complexity index is 661. The van der Waals surface area contributed by atoms with Gasteiger partial charge in [0.2, 0.25) is 0 Å². The third-order valence-electron chi connectivity index (χ3n) is 4.38. The molecule has 1 saturated heterocycles. The lowest BCUT2D eigenvalue weighted by molar-refractivity contribution is 0.0737. The van der Waals surface area contributed by atoms with Crippen LogP contribution < -0.4 is 9.47 Å². The lowest BCUT2D eigenvalue weighted by Gasteiger charge is -2.25. The number of carbonyl (C=O) groups excluding carboxylic acids is 2. The molecular formula is C19H26N2O5. The summed E-state index contributed by atoms with van der Waals surface area (Å²) in [4.78, 5) is 28.6. The van der Waals surface area contributed by atoms with Crippen molar-refractivity contribution in [3.8, 4) is 11.5 Å². The number of amides is 2. The van der Waals surface area contributed by atoms with Crippen LogP contribution in [0.4, 0.5) is 4.79 Å². The number of carbonyl (C=O) groups is 2. The van der Waals surface area contributed by atoms with Crippen molar-refractivity contribution in [2.24, 2.45) is 5.92 Å². The Balaban J connectivity index is 1.64. The SMILES string of the molecule is CC(C)COC(=O)N1CCCN(C(=O)c2cccc3c2OCCO3)CC1. The Hall–Kier alpha value is -2.44. The van der Waals surface area contributed by atoms with Crippen LogP contribution in [-0.2, 0) is 4.74 Å². The van der Waals surface area contributed by atoms with E-state index >= 15 is 0 Å². The number of nitrogens with zero attached hydrogens (tertiary/aromatic N) is 2. The van der Waals surface area contributed by atoms with E-state index in [1.807, 2.05) is 13.8 Å². The fraction of sp³-hybridized carbons (Fsp3) is 0.579. The van der Waals surface area contributed by atoms with Gasteiger partial charge in [0.1, 0.15) is 13.2 Å². The van der Waals surface area contributed by atoms with Crippen molar-refractivity contribution in [2.45, 2.75) is 20.3 Å².